The third-order valence-electron chi connectivity index (χ3n) is 4.70. The van der Waals surface area contributed by atoms with Crippen molar-refractivity contribution in [1.82, 2.24) is 5.32 Å². The number of thioether (sulfide) groups is 1. The minimum absolute atomic E-state index is 0.157. The Hall–Kier alpha value is -1.05. The van der Waals surface area contributed by atoms with Gasteiger partial charge in [0.05, 0.1) is 12.6 Å². The lowest BCUT2D eigenvalue weighted by atomic mass is 9.96. The van der Waals surface area contributed by atoms with Gasteiger partial charge in [-0.15, -0.1) is 0 Å². The van der Waals surface area contributed by atoms with E-state index in [4.69, 9.17) is 9.47 Å². The van der Waals surface area contributed by atoms with Crippen molar-refractivity contribution in [2.24, 2.45) is 0 Å². The van der Waals surface area contributed by atoms with Crippen molar-refractivity contribution >= 4 is 23.0 Å². The highest BCUT2D eigenvalue weighted by atomic mass is 32.2. The number of carbonyl (C=O) groups excluding carboxylic acids is 2. The smallest absolute Gasteiger partial charge is 0.306 e. The zero-order valence-corrected chi connectivity index (χ0v) is 16.4. The summed E-state index contributed by atoms with van der Waals surface area (Å²) < 4.78 is 11.0. The van der Waals surface area contributed by atoms with Crippen molar-refractivity contribution < 1.29 is 24.2 Å². The number of unbranched alkanes of at least 4 members (excludes halogenated alkanes) is 4. The van der Waals surface area contributed by atoms with E-state index in [2.05, 4.69) is 24.4 Å². The molecule has 0 saturated carbocycles. The number of allylic oxidation sites excluding steroid dienone is 2. The first-order chi connectivity index (χ1) is 12.5. The maximum Gasteiger partial charge on any atom is 0.306 e. The molecule has 7 heteroatoms. The number of aliphatic hydroxyl groups is 1. The molecule has 2 fully saturated rings. The lowest BCUT2D eigenvalue weighted by Gasteiger charge is -2.39. The monoisotopic (exact) mass is 385 g/mol. The summed E-state index contributed by atoms with van der Waals surface area (Å²) in [6, 6.07) is -0.456. The summed E-state index contributed by atoms with van der Waals surface area (Å²) in [6.45, 7) is 2.48. The first kappa shape index (κ1) is 21.3. The summed E-state index contributed by atoms with van der Waals surface area (Å²) in [5.41, 5.74) is 0. The molecule has 1 amide bonds. The average Bonchev–Trinajstić information content (AvgIpc) is 3.05. The van der Waals surface area contributed by atoms with E-state index in [1.807, 2.05) is 0 Å². The van der Waals surface area contributed by atoms with Crippen molar-refractivity contribution in [1.29, 1.82) is 0 Å². The molecular weight excluding hydrogens is 354 g/mol. The van der Waals surface area contributed by atoms with Gasteiger partial charge in [0.1, 0.15) is 6.10 Å². The standard InChI is InChI=1S/C19H31NO5S/c1-2-3-4-5-6-7-8-9-10-17(21)25-15-11-12-24-19(23,13-15)16-14-26-18(22)20-16/h4-5,15-16,23H,2-3,6-14H2,1H3,(H,20,22)/b5-4+/t15-,16?,19?/m1/s1. The summed E-state index contributed by atoms with van der Waals surface area (Å²) >= 11 is 1.13. The molecule has 0 aromatic heterocycles. The molecule has 0 aromatic rings. The Bertz CT molecular complexity index is 498. The minimum atomic E-state index is -1.45. The first-order valence-electron chi connectivity index (χ1n) is 9.67. The SMILES string of the molecule is CCC/C=C/CCCCCC(=O)O[C@@H]1CCOC(O)(C2CSC(=O)N2)C1. The number of hydrogen-bond acceptors (Lipinski definition) is 6. The average molecular weight is 386 g/mol. The summed E-state index contributed by atoms with van der Waals surface area (Å²) in [5, 5.41) is 13.2. The second kappa shape index (κ2) is 10.9. The Morgan fingerprint density at radius 2 is 2.19 bits per heavy atom. The van der Waals surface area contributed by atoms with Gasteiger partial charge in [-0.2, -0.15) is 0 Å². The van der Waals surface area contributed by atoms with E-state index in [9.17, 15) is 14.7 Å². The Balaban J connectivity index is 1.63. The molecule has 148 valence electrons. The fourth-order valence-electron chi connectivity index (χ4n) is 3.18. The second-order valence-corrected chi connectivity index (χ2v) is 7.95. The number of esters is 1. The van der Waals surface area contributed by atoms with Crippen LogP contribution in [0.25, 0.3) is 0 Å². The van der Waals surface area contributed by atoms with Gasteiger partial charge in [-0.3, -0.25) is 9.59 Å². The van der Waals surface area contributed by atoms with Crippen molar-refractivity contribution in [3.05, 3.63) is 12.2 Å². The zero-order valence-electron chi connectivity index (χ0n) is 15.6. The van der Waals surface area contributed by atoms with Crippen LogP contribution in [0, 0.1) is 0 Å². The molecule has 2 saturated heterocycles. The summed E-state index contributed by atoms with van der Waals surface area (Å²) in [5.74, 6) is -1.21. The van der Waals surface area contributed by atoms with Crippen molar-refractivity contribution in [3.8, 4) is 0 Å². The van der Waals surface area contributed by atoms with Gasteiger partial charge in [-0.1, -0.05) is 43.7 Å². The number of ether oxygens (including phenoxy) is 2. The lowest BCUT2D eigenvalue weighted by molar-refractivity contribution is -0.257. The minimum Gasteiger partial charge on any atom is -0.462 e. The fraction of sp³-hybridized carbons (Fsp3) is 0.789. The molecule has 0 spiro atoms. The summed E-state index contributed by atoms with van der Waals surface area (Å²) in [7, 11) is 0. The quantitative estimate of drug-likeness (QED) is 0.340. The van der Waals surface area contributed by atoms with Gasteiger partial charge in [0.2, 0.25) is 0 Å². The van der Waals surface area contributed by atoms with Crippen molar-refractivity contribution in [2.45, 2.75) is 82.6 Å². The predicted molar refractivity (Wildman–Crippen MR) is 102 cm³/mol. The maximum atomic E-state index is 12.0. The van der Waals surface area contributed by atoms with Crippen molar-refractivity contribution in [2.75, 3.05) is 12.4 Å². The van der Waals surface area contributed by atoms with Gasteiger partial charge >= 0.3 is 5.97 Å². The normalized spacial score (nSPS) is 29.1. The first-order valence-corrected chi connectivity index (χ1v) is 10.7. The number of carbonyl (C=O) groups is 2. The van der Waals surface area contributed by atoms with Crippen LogP contribution in [0.4, 0.5) is 4.79 Å². The molecule has 0 aliphatic carbocycles. The molecule has 2 unspecified atom stereocenters. The second-order valence-electron chi connectivity index (χ2n) is 6.95. The number of rotatable bonds is 10. The molecule has 2 aliphatic heterocycles. The van der Waals surface area contributed by atoms with Gasteiger partial charge < -0.3 is 19.9 Å². The van der Waals surface area contributed by atoms with Crippen LogP contribution >= 0.6 is 11.8 Å². The Morgan fingerprint density at radius 1 is 1.38 bits per heavy atom. The summed E-state index contributed by atoms with van der Waals surface area (Å²) in [4.78, 5) is 23.4. The molecular formula is C19H31NO5S. The zero-order chi connectivity index (χ0) is 18.8. The topological polar surface area (TPSA) is 84.9 Å². The van der Waals surface area contributed by atoms with E-state index in [0.29, 0.717) is 25.2 Å². The van der Waals surface area contributed by atoms with E-state index in [0.717, 1.165) is 43.9 Å². The molecule has 26 heavy (non-hydrogen) atoms. The van der Waals surface area contributed by atoms with Crippen LogP contribution < -0.4 is 5.32 Å². The molecule has 3 atom stereocenters. The number of amides is 1. The highest BCUT2D eigenvalue weighted by molar-refractivity contribution is 8.14. The lowest BCUT2D eigenvalue weighted by Crippen LogP contribution is -2.56. The predicted octanol–water partition coefficient (Wildman–Crippen LogP) is 3.53. The van der Waals surface area contributed by atoms with E-state index in [-0.39, 0.29) is 23.7 Å². The van der Waals surface area contributed by atoms with Gasteiger partial charge in [0.15, 0.2) is 5.79 Å². The van der Waals surface area contributed by atoms with Crippen molar-refractivity contribution in [3.63, 3.8) is 0 Å². The number of nitrogens with one attached hydrogen (secondary N) is 1. The molecule has 0 radical (unpaired) electrons. The van der Waals surface area contributed by atoms with Crippen LogP contribution in [0.3, 0.4) is 0 Å². The molecule has 2 aliphatic rings. The molecule has 2 rings (SSSR count). The van der Waals surface area contributed by atoms with E-state index in [1.165, 1.54) is 6.42 Å². The molecule has 6 nitrogen and oxygen atoms in total. The van der Waals surface area contributed by atoms with Gasteiger partial charge in [-0.25, -0.2) is 0 Å². The Kier molecular flexibility index (Phi) is 8.95. The van der Waals surface area contributed by atoms with E-state index >= 15 is 0 Å². The summed E-state index contributed by atoms with van der Waals surface area (Å²) in [6.07, 6.45) is 11.5. The highest BCUT2D eigenvalue weighted by Gasteiger charge is 2.46. The van der Waals surface area contributed by atoms with Crippen LogP contribution in [0.1, 0.15) is 64.7 Å². The van der Waals surface area contributed by atoms with Crippen LogP contribution in [0.15, 0.2) is 12.2 Å². The van der Waals surface area contributed by atoms with Gasteiger partial charge in [0.25, 0.3) is 5.24 Å². The molecule has 2 heterocycles. The highest BCUT2D eigenvalue weighted by Crippen LogP contribution is 2.32. The van der Waals surface area contributed by atoms with E-state index < -0.39 is 11.8 Å². The largest absolute Gasteiger partial charge is 0.462 e. The van der Waals surface area contributed by atoms with Crippen LogP contribution in [-0.2, 0) is 14.3 Å². The maximum absolute atomic E-state index is 12.0. The molecule has 2 N–H and O–H groups in total. The number of hydrogen-bond donors (Lipinski definition) is 2. The molecule has 0 aromatic carbocycles. The van der Waals surface area contributed by atoms with Gasteiger partial charge in [0, 0.05) is 25.0 Å². The fourth-order valence-corrected chi connectivity index (χ4v) is 4.07. The Labute approximate surface area is 160 Å². The van der Waals surface area contributed by atoms with Crippen LogP contribution in [-0.4, -0.2) is 46.6 Å². The third kappa shape index (κ3) is 6.93. The Morgan fingerprint density at radius 3 is 2.92 bits per heavy atom. The third-order valence-corrected chi connectivity index (χ3v) is 5.58. The van der Waals surface area contributed by atoms with Crippen LogP contribution in [0.2, 0.25) is 0 Å². The van der Waals surface area contributed by atoms with E-state index in [1.54, 1.807) is 0 Å². The molecule has 0 bridgehead atoms. The van der Waals surface area contributed by atoms with Gasteiger partial charge in [-0.05, 0) is 25.7 Å². The van der Waals surface area contributed by atoms with Crippen LogP contribution in [0.5, 0.6) is 0 Å².